The summed E-state index contributed by atoms with van der Waals surface area (Å²) >= 11 is 0. The number of carbonyl (C=O) groups excluding carboxylic acids is 1. The van der Waals surface area contributed by atoms with Gasteiger partial charge in [-0.2, -0.15) is 5.10 Å². The first-order valence-corrected chi connectivity index (χ1v) is 7.74. The number of aromatic amines is 1. The lowest BCUT2D eigenvalue weighted by atomic mass is 9.98. The molecule has 7 nitrogen and oxygen atoms in total. The van der Waals surface area contributed by atoms with E-state index in [0.717, 1.165) is 38.4 Å². The van der Waals surface area contributed by atoms with Crippen molar-refractivity contribution in [3.05, 3.63) is 36.7 Å². The maximum atomic E-state index is 11.9. The number of carbonyl (C=O) groups is 1. The summed E-state index contributed by atoms with van der Waals surface area (Å²) in [5, 5.41) is 7.06. The summed E-state index contributed by atoms with van der Waals surface area (Å²) in [4.78, 5) is 21.7. The number of piperidine rings is 1. The Bertz CT molecular complexity index is 565. The van der Waals surface area contributed by atoms with Crippen molar-refractivity contribution in [2.75, 3.05) is 19.6 Å². The Morgan fingerprint density at radius 2 is 2.41 bits per heavy atom. The molecule has 1 saturated heterocycles. The van der Waals surface area contributed by atoms with Crippen LogP contribution >= 0.6 is 0 Å². The molecule has 0 aromatic carbocycles. The molecule has 2 aromatic rings. The van der Waals surface area contributed by atoms with Crippen LogP contribution < -0.4 is 5.32 Å². The topological polar surface area (TPSA) is 78.8 Å². The van der Waals surface area contributed by atoms with Crippen LogP contribution in [0.3, 0.4) is 0 Å². The van der Waals surface area contributed by atoms with Crippen LogP contribution in [0.15, 0.2) is 30.9 Å². The molecule has 1 aliphatic heterocycles. The van der Waals surface area contributed by atoms with Gasteiger partial charge in [0.25, 0.3) is 0 Å². The fourth-order valence-electron chi connectivity index (χ4n) is 2.91. The highest BCUT2D eigenvalue weighted by atomic mass is 16.2. The van der Waals surface area contributed by atoms with Crippen molar-refractivity contribution in [3.63, 3.8) is 0 Å². The predicted molar refractivity (Wildman–Crippen MR) is 81.8 cm³/mol. The molecular formula is C15H22N6O. The molecule has 0 radical (unpaired) electrons. The first-order valence-electron chi connectivity index (χ1n) is 7.74. The van der Waals surface area contributed by atoms with E-state index in [1.54, 1.807) is 23.3 Å². The van der Waals surface area contributed by atoms with Gasteiger partial charge in [0.05, 0.1) is 6.54 Å². The molecule has 1 aliphatic rings. The first-order chi connectivity index (χ1) is 10.8. The van der Waals surface area contributed by atoms with Crippen LogP contribution in [0.25, 0.3) is 0 Å². The van der Waals surface area contributed by atoms with Crippen molar-refractivity contribution in [1.82, 2.24) is 30.0 Å². The van der Waals surface area contributed by atoms with Crippen molar-refractivity contribution >= 4 is 5.91 Å². The quantitative estimate of drug-likeness (QED) is 0.820. The Balaban J connectivity index is 1.41. The third-order valence-electron chi connectivity index (χ3n) is 3.98. The largest absolute Gasteiger partial charge is 0.354 e. The Kier molecular flexibility index (Phi) is 4.85. The van der Waals surface area contributed by atoms with Gasteiger partial charge in [0.2, 0.25) is 5.91 Å². The third-order valence-corrected chi connectivity index (χ3v) is 3.98. The molecule has 0 saturated carbocycles. The van der Waals surface area contributed by atoms with E-state index >= 15 is 0 Å². The van der Waals surface area contributed by atoms with E-state index in [0.29, 0.717) is 5.92 Å². The molecular weight excluding hydrogens is 280 g/mol. The van der Waals surface area contributed by atoms with Crippen LogP contribution in [0.4, 0.5) is 0 Å². The Hall–Kier alpha value is -2.15. The second-order valence-electron chi connectivity index (χ2n) is 5.79. The fraction of sp³-hybridized carbons (Fsp3) is 0.533. The van der Waals surface area contributed by atoms with Crippen LogP contribution in [0.5, 0.6) is 0 Å². The first kappa shape index (κ1) is 14.8. The van der Waals surface area contributed by atoms with E-state index < -0.39 is 0 Å². The van der Waals surface area contributed by atoms with E-state index in [1.165, 1.54) is 6.42 Å². The average Bonchev–Trinajstić information content (AvgIpc) is 3.19. The minimum absolute atomic E-state index is 0.0202. The second kappa shape index (κ2) is 7.22. The molecule has 0 aliphatic carbocycles. The number of hydrogen-bond donors (Lipinski definition) is 2. The molecule has 7 heteroatoms. The monoisotopic (exact) mass is 302 g/mol. The van der Waals surface area contributed by atoms with Gasteiger partial charge in [-0.25, -0.2) is 4.98 Å². The lowest BCUT2D eigenvalue weighted by molar-refractivity contribution is -0.122. The Labute approximate surface area is 129 Å². The van der Waals surface area contributed by atoms with Crippen molar-refractivity contribution in [3.8, 4) is 0 Å². The van der Waals surface area contributed by atoms with Crippen LogP contribution in [-0.4, -0.2) is 50.2 Å². The molecule has 0 spiro atoms. The van der Waals surface area contributed by atoms with E-state index in [1.807, 2.05) is 12.3 Å². The van der Waals surface area contributed by atoms with Gasteiger partial charge in [-0.3, -0.25) is 14.4 Å². The van der Waals surface area contributed by atoms with Crippen molar-refractivity contribution in [1.29, 1.82) is 0 Å². The molecule has 2 N–H and O–H groups in total. The van der Waals surface area contributed by atoms with Gasteiger partial charge in [-0.05, 0) is 31.4 Å². The maximum Gasteiger partial charge on any atom is 0.241 e. The van der Waals surface area contributed by atoms with Gasteiger partial charge in [-0.1, -0.05) is 0 Å². The highest BCUT2D eigenvalue weighted by molar-refractivity contribution is 5.75. The predicted octanol–water partition coefficient (Wildman–Crippen LogP) is 0.635. The van der Waals surface area contributed by atoms with Gasteiger partial charge < -0.3 is 10.3 Å². The number of hydrogen-bond acceptors (Lipinski definition) is 4. The number of nitrogens with one attached hydrogen (secondary N) is 2. The fourth-order valence-corrected chi connectivity index (χ4v) is 2.91. The number of imidazole rings is 1. The zero-order valence-corrected chi connectivity index (χ0v) is 12.6. The smallest absolute Gasteiger partial charge is 0.241 e. The van der Waals surface area contributed by atoms with Gasteiger partial charge in [0.15, 0.2) is 0 Å². The van der Waals surface area contributed by atoms with Gasteiger partial charge >= 0.3 is 0 Å². The third kappa shape index (κ3) is 4.17. The van der Waals surface area contributed by atoms with Crippen molar-refractivity contribution < 1.29 is 4.79 Å². The number of aromatic nitrogens is 4. The summed E-state index contributed by atoms with van der Waals surface area (Å²) in [6.45, 7) is 3.97. The lowest BCUT2D eigenvalue weighted by Gasteiger charge is -2.32. The summed E-state index contributed by atoms with van der Waals surface area (Å²) in [6.07, 6.45) is 9.45. The number of rotatable bonds is 6. The molecule has 0 bridgehead atoms. The van der Waals surface area contributed by atoms with Crippen LogP contribution in [0.1, 0.15) is 18.7 Å². The molecule has 1 unspecified atom stereocenters. The molecule has 2 aromatic heterocycles. The van der Waals surface area contributed by atoms with Gasteiger partial charge in [-0.15, -0.1) is 0 Å². The highest BCUT2D eigenvalue weighted by Crippen LogP contribution is 2.17. The summed E-state index contributed by atoms with van der Waals surface area (Å²) in [7, 11) is 0. The van der Waals surface area contributed by atoms with E-state index in [-0.39, 0.29) is 12.5 Å². The van der Waals surface area contributed by atoms with Crippen LogP contribution in [0.2, 0.25) is 0 Å². The zero-order chi connectivity index (χ0) is 15.2. The van der Waals surface area contributed by atoms with Crippen molar-refractivity contribution in [2.45, 2.75) is 25.9 Å². The molecule has 1 amide bonds. The average molecular weight is 302 g/mol. The number of likely N-dealkylation sites (tertiary alicyclic amines) is 1. The second-order valence-corrected chi connectivity index (χ2v) is 5.79. The highest BCUT2D eigenvalue weighted by Gasteiger charge is 2.21. The van der Waals surface area contributed by atoms with Crippen molar-refractivity contribution in [2.24, 2.45) is 5.92 Å². The lowest BCUT2D eigenvalue weighted by Crippen LogP contribution is -2.41. The van der Waals surface area contributed by atoms with Gasteiger partial charge in [0, 0.05) is 37.9 Å². The van der Waals surface area contributed by atoms with E-state index in [9.17, 15) is 4.79 Å². The minimum Gasteiger partial charge on any atom is -0.354 e. The summed E-state index contributed by atoms with van der Waals surface area (Å²) < 4.78 is 1.64. The summed E-state index contributed by atoms with van der Waals surface area (Å²) in [5.41, 5.74) is 0. The molecule has 22 heavy (non-hydrogen) atoms. The summed E-state index contributed by atoms with van der Waals surface area (Å²) in [5.74, 6) is 1.53. The standard InChI is InChI=1S/C15H22N6O/c22-15(12-21-8-2-4-19-21)18-9-13-3-1-7-20(10-13)11-14-16-5-6-17-14/h2,4-6,8,13H,1,3,7,9-12H2,(H,16,17)(H,18,22). The number of H-pyrrole nitrogens is 1. The maximum absolute atomic E-state index is 11.9. The van der Waals surface area contributed by atoms with E-state index in [4.69, 9.17) is 0 Å². The molecule has 1 atom stereocenters. The SMILES string of the molecule is O=C(Cn1cccn1)NCC1CCCN(Cc2ncc[nH]2)C1. The Morgan fingerprint density at radius 1 is 1.45 bits per heavy atom. The van der Waals surface area contributed by atoms with Crippen LogP contribution in [-0.2, 0) is 17.9 Å². The normalized spacial score (nSPS) is 19.2. The summed E-state index contributed by atoms with van der Waals surface area (Å²) in [6, 6.07) is 1.82. The zero-order valence-electron chi connectivity index (χ0n) is 12.6. The van der Waals surface area contributed by atoms with E-state index in [2.05, 4.69) is 25.3 Å². The molecule has 3 heterocycles. The number of amides is 1. The molecule has 118 valence electrons. The van der Waals surface area contributed by atoms with Crippen LogP contribution in [0, 0.1) is 5.92 Å². The molecule has 1 fully saturated rings. The Morgan fingerprint density at radius 3 is 3.18 bits per heavy atom. The van der Waals surface area contributed by atoms with Gasteiger partial charge in [0.1, 0.15) is 12.4 Å². The minimum atomic E-state index is 0.0202. The number of nitrogens with zero attached hydrogens (tertiary/aromatic N) is 4. The molecule has 3 rings (SSSR count).